The number of hydrogen-bond donors (Lipinski definition) is 3. The molecule has 0 radical (unpaired) electrons. The van der Waals surface area contributed by atoms with Crippen LogP contribution in [-0.2, 0) is 4.74 Å². The number of alkyl halides is 1. The third-order valence-electron chi connectivity index (χ3n) is 3.85. The average molecular weight is 358 g/mol. The van der Waals surface area contributed by atoms with Gasteiger partial charge < -0.3 is 20.7 Å². The summed E-state index contributed by atoms with van der Waals surface area (Å²) in [5.41, 5.74) is 6.51. The van der Waals surface area contributed by atoms with Crippen LogP contribution in [0, 0.1) is 17.2 Å². The van der Waals surface area contributed by atoms with E-state index >= 15 is 0 Å². The molecule has 0 aromatic carbocycles. The molecule has 8 nitrogen and oxygen atoms in total. The summed E-state index contributed by atoms with van der Waals surface area (Å²) in [6.45, 7) is -0.662. The largest absolute Gasteiger partial charge is 0.396 e. The van der Waals surface area contributed by atoms with E-state index in [4.69, 9.17) is 33.7 Å². The molecule has 10 heteroatoms. The molecule has 2 aromatic rings. The summed E-state index contributed by atoms with van der Waals surface area (Å²) < 4.78 is 7.33. The molecule has 0 amide bonds. The van der Waals surface area contributed by atoms with E-state index in [0.29, 0.717) is 11.2 Å². The van der Waals surface area contributed by atoms with Gasteiger partial charge in [0.05, 0.1) is 31.8 Å². The monoisotopic (exact) mass is 357 g/mol. The van der Waals surface area contributed by atoms with Gasteiger partial charge in [-0.15, -0.1) is 0 Å². The summed E-state index contributed by atoms with van der Waals surface area (Å²) in [4.78, 5) is 10.8. The number of nitrogens with zero attached hydrogens (tertiary/aromatic N) is 4. The first-order valence-corrected chi connectivity index (χ1v) is 7.44. The van der Waals surface area contributed by atoms with E-state index < -0.39 is 23.1 Å². The lowest BCUT2D eigenvalue weighted by Crippen LogP contribution is -2.38. The summed E-state index contributed by atoms with van der Waals surface area (Å²) in [6, 6.07) is 0. The van der Waals surface area contributed by atoms with E-state index in [0.717, 1.165) is 0 Å². The highest BCUT2D eigenvalue weighted by molar-refractivity contribution is 6.32. The first-order valence-electron chi connectivity index (χ1n) is 6.69. The summed E-state index contributed by atoms with van der Waals surface area (Å²) >= 11 is 12.2. The minimum absolute atomic E-state index is 0.0678. The highest BCUT2D eigenvalue weighted by Gasteiger charge is 2.56. The molecule has 3 heterocycles. The van der Waals surface area contributed by atoms with Gasteiger partial charge in [0.2, 0.25) is 5.95 Å². The van der Waals surface area contributed by atoms with Crippen LogP contribution < -0.4 is 5.73 Å². The maximum absolute atomic E-state index is 9.65. The number of anilines is 1. The van der Waals surface area contributed by atoms with Crippen LogP contribution in [0.3, 0.4) is 0 Å². The summed E-state index contributed by atoms with van der Waals surface area (Å²) in [5.74, 6) is 2.08. The van der Waals surface area contributed by atoms with Crippen LogP contribution in [0.5, 0.6) is 0 Å². The third-order valence-corrected chi connectivity index (χ3v) is 4.51. The number of fused-ring (bicyclic) bond motifs is 1. The van der Waals surface area contributed by atoms with Gasteiger partial charge in [-0.2, -0.15) is 4.98 Å². The van der Waals surface area contributed by atoms with Crippen LogP contribution in [0.4, 0.5) is 5.95 Å². The molecule has 1 aliphatic rings. The van der Waals surface area contributed by atoms with Gasteiger partial charge in [0.15, 0.2) is 16.7 Å². The van der Waals surface area contributed by atoms with E-state index in [2.05, 4.69) is 26.3 Å². The highest BCUT2D eigenvalue weighted by Crippen LogP contribution is 2.47. The molecule has 23 heavy (non-hydrogen) atoms. The fourth-order valence-corrected chi connectivity index (χ4v) is 3.36. The SMILES string of the molecule is Nc1ncc2ncn([C@@H]3O[C@H](CO)C(CO)C3(Cl)C#CCl)c2n1. The number of ether oxygens (including phenoxy) is 1. The van der Waals surface area contributed by atoms with Gasteiger partial charge >= 0.3 is 0 Å². The van der Waals surface area contributed by atoms with Crippen LogP contribution in [0.15, 0.2) is 12.5 Å². The molecule has 4 N–H and O–H groups in total. The fraction of sp³-hybridized carbons (Fsp3) is 0.462. The Balaban J connectivity index is 2.15. The second kappa shape index (κ2) is 6.11. The van der Waals surface area contributed by atoms with Crippen LogP contribution in [-0.4, -0.2) is 53.9 Å². The molecule has 0 spiro atoms. The Morgan fingerprint density at radius 2 is 2.17 bits per heavy atom. The normalized spacial score (nSPS) is 30.3. The number of halogens is 2. The summed E-state index contributed by atoms with van der Waals surface area (Å²) in [6.07, 6.45) is 1.35. The van der Waals surface area contributed by atoms with Gasteiger partial charge in [-0.25, -0.2) is 9.97 Å². The molecule has 122 valence electrons. The van der Waals surface area contributed by atoms with Gasteiger partial charge in [-0.1, -0.05) is 17.5 Å². The Kier molecular flexibility index (Phi) is 4.31. The van der Waals surface area contributed by atoms with Crippen LogP contribution in [0.25, 0.3) is 11.2 Å². The molecular formula is C13H13Cl2N5O3. The van der Waals surface area contributed by atoms with Gasteiger partial charge in [-0.3, -0.25) is 4.57 Å². The molecule has 2 unspecified atom stereocenters. The maximum atomic E-state index is 9.65. The summed E-state index contributed by atoms with van der Waals surface area (Å²) in [5, 5.41) is 21.4. The lowest BCUT2D eigenvalue weighted by Gasteiger charge is -2.27. The first-order chi connectivity index (χ1) is 11.0. The Morgan fingerprint density at radius 3 is 2.83 bits per heavy atom. The van der Waals surface area contributed by atoms with Crippen LogP contribution in [0.2, 0.25) is 0 Å². The van der Waals surface area contributed by atoms with Crippen LogP contribution in [0.1, 0.15) is 6.23 Å². The predicted molar refractivity (Wildman–Crippen MR) is 83.5 cm³/mol. The van der Waals surface area contributed by atoms with Crippen molar-refractivity contribution >= 4 is 40.3 Å². The molecule has 1 saturated heterocycles. The molecule has 1 fully saturated rings. The number of imidazole rings is 1. The Labute approximate surface area is 141 Å². The zero-order valence-electron chi connectivity index (χ0n) is 11.7. The smallest absolute Gasteiger partial charge is 0.222 e. The lowest BCUT2D eigenvalue weighted by atomic mass is 9.89. The van der Waals surface area contributed by atoms with Crippen molar-refractivity contribution in [1.29, 1.82) is 0 Å². The van der Waals surface area contributed by atoms with Crippen LogP contribution >= 0.6 is 23.2 Å². The highest BCUT2D eigenvalue weighted by atomic mass is 35.5. The molecular weight excluding hydrogens is 345 g/mol. The molecule has 3 rings (SSSR count). The van der Waals surface area contributed by atoms with E-state index in [1.54, 1.807) is 4.57 Å². The molecule has 2 aromatic heterocycles. The van der Waals surface area contributed by atoms with Crippen molar-refractivity contribution in [2.75, 3.05) is 18.9 Å². The predicted octanol–water partition coefficient (Wildman–Crippen LogP) is 0.0840. The van der Waals surface area contributed by atoms with Crippen molar-refractivity contribution in [3.63, 3.8) is 0 Å². The lowest BCUT2D eigenvalue weighted by molar-refractivity contribution is -0.0347. The second-order valence-electron chi connectivity index (χ2n) is 5.07. The van der Waals surface area contributed by atoms with Crippen molar-refractivity contribution in [3.05, 3.63) is 12.5 Å². The number of aliphatic hydroxyl groups excluding tert-OH is 2. The van der Waals surface area contributed by atoms with E-state index in [-0.39, 0.29) is 19.2 Å². The minimum atomic E-state index is -1.36. The zero-order chi connectivity index (χ0) is 16.6. The van der Waals surface area contributed by atoms with Crippen molar-refractivity contribution in [2.24, 2.45) is 5.92 Å². The van der Waals surface area contributed by atoms with Gasteiger partial charge in [0, 0.05) is 11.3 Å². The molecule has 1 aliphatic heterocycles. The number of nitrogens with two attached hydrogens (primary N) is 1. The van der Waals surface area contributed by atoms with E-state index in [9.17, 15) is 10.2 Å². The van der Waals surface area contributed by atoms with Crippen molar-refractivity contribution in [3.8, 4) is 11.3 Å². The van der Waals surface area contributed by atoms with Crippen molar-refractivity contribution in [1.82, 2.24) is 19.5 Å². The minimum Gasteiger partial charge on any atom is -0.396 e. The number of nitrogen functional groups attached to an aromatic ring is 1. The standard InChI is InChI=1S/C13H13Cl2N5O3/c14-2-1-13(15)7(4-21)9(5-22)23-11(13)20-6-18-8-3-17-12(16)19-10(8)20/h3,6-7,9,11,21-22H,4-5H2,(H2,16,17,19)/t7?,9-,11-,13?/m1/s1. The Hall–Kier alpha value is -1.63. The number of aromatic nitrogens is 4. The first kappa shape index (κ1) is 16.2. The molecule has 0 saturated carbocycles. The third kappa shape index (κ3) is 2.51. The Morgan fingerprint density at radius 1 is 1.39 bits per heavy atom. The topological polar surface area (TPSA) is 119 Å². The van der Waals surface area contributed by atoms with Gasteiger partial charge in [-0.05, 0) is 11.6 Å². The van der Waals surface area contributed by atoms with E-state index in [1.807, 2.05) is 0 Å². The number of rotatable bonds is 3. The van der Waals surface area contributed by atoms with Gasteiger partial charge in [0.25, 0.3) is 0 Å². The maximum Gasteiger partial charge on any atom is 0.222 e. The molecule has 0 aliphatic carbocycles. The average Bonchev–Trinajstić information content (AvgIpc) is 3.05. The summed E-state index contributed by atoms with van der Waals surface area (Å²) in [7, 11) is 0. The quantitative estimate of drug-likeness (QED) is 0.525. The molecule has 4 atom stereocenters. The second-order valence-corrected chi connectivity index (χ2v) is 5.89. The van der Waals surface area contributed by atoms with Gasteiger partial charge in [0.1, 0.15) is 5.52 Å². The number of hydrogen-bond acceptors (Lipinski definition) is 7. The number of aliphatic hydroxyl groups is 2. The fourth-order valence-electron chi connectivity index (χ4n) is 2.74. The van der Waals surface area contributed by atoms with E-state index in [1.165, 1.54) is 12.5 Å². The Bertz CT molecular complexity index is 789. The molecule has 0 bridgehead atoms. The van der Waals surface area contributed by atoms with Crippen molar-refractivity contribution < 1.29 is 14.9 Å². The van der Waals surface area contributed by atoms with Crippen molar-refractivity contribution in [2.45, 2.75) is 17.2 Å². The zero-order valence-corrected chi connectivity index (χ0v) is 13.2.